The van der Waals surface area contributed by atoms with E-state index in [0.717, 1.165) is 48.4 Å². The van der Waals surface area contributed by atoms with E-state index in [1.165, 1.54) is 12.8 Å². The van der Waals surface area contributed by atoms with E-state index in [-0.39, 0.29) is 11.0 Å². The van der Waals surface area contributed by atoms with Crippen LogP contribution in [0.2, 0.25) is 0 Å². The molecule has 4 rings (SSSR count). The van der Waals surface area contributed by atoms with Gasteiger partial charge in [-0.2, -0.15) is 0 Å². The second-order valence-corrected chi connectivity index (χ2v) is 9.44. The summed E-state index contributed by atoms with van der Waals surface area (Å²) in [5.41, 5.74) is 1.10. The van der Waals surface area contributed by atoms with Crippen molar-refractivity contribution in [2.24, 2.45) is 5.41 Å². The Bertz CT molecular complexity index is 889. The van der Waals surface area contributed by atoms with Crippen LogP contribution in [0.1, 0.15) is 32.1 Å². The Morgan fingerprint density at radius 2 is 1.86 bits per heavy atom. The fourth-order valence-electron chi connectivity index (χ4n) is 5.27. The van der Waals surface area contributed by atoms with Gasteiger partial charge >= 0.3 is 0 Å². The van der Waals surface area contributed by atoms with E-state index in [4.69, 9.17) is 0 Å². The zero-order chi connectivity index (χ0) is 19.8. The summed E-state index contributed by atoms with van der Waals surface area (Å²) in [4.78, 5) is 16.4. The highest BCUT2D eigenvalue weighted by Crippen LogP contribution is 2.51. The monoisotopic (exact) mass is 398 g/mol. The highest BCUT2D eigenvalue weighted by Gasteiger charge is 2.54. The molecular formula is C23H30N2O2S. The SMILES string of the molecule is CSc1cn(CC2(O)CCN(C)CC23CCCC3)c(=O)cc1-c1ccccc1. The van der Waals surface area contributed by atoms with E-state index >= 15 is 0 Å². The number of hydrogen-bond donors (Lipinski definition) is 1. The summed E-state index contributed by atoms with van der Waals surface area (Å²) in [6.45, 7) is 2.20. The normalized spacial score (nSPS) is 24.7. The third kappa shape index (κ3) is 3.44. The Morgan fingerprint density at radius 1 is 1.14 bits per heavy atom. The maximum Gasteiger partial charge on any atom is 0.251 e. The molecule has 2 aromatic rings. The van der Waals surface area contributed by atoms with Gasteiger partial charge in [0.25, 0.3) is 5.56 Å². The number of hydrogen-bond acceptors (Lipinski definition) is 4. The summed E-state index contributed by atoms with van der Waals surface area (Å²) in [7, 11) is 2.15. The van der Waals surface area contributed by atoms with E-state index in [2.05, 4.69) is 11.9 Å². The van der Waals surface area contributed by atoms with Crippen LogP contribution in [-0.2, 0) is 6.54 Å². The van der Waals surface area contributed by atoms with Crippen LogP contribution in [-0.4, -0.2) is 46.6 Å². The average molecular weight is 399 g/mol. The zero-order valence-electron chi connectivity index (χ0n) is 16.9. The van der Waals surface area contributed by atoms with E-state index in [9.17, 15) is 9.90 Å². The molecule has 1 aliphatic heterocycles. The number of nitrogens with zero attached hydrogens (tertiary/aromatic N) is 2. The Hall–Kier alpha value is -1.56. The largest absolute Gasteiger partial charge is 0.387 e. The average Bonchev–Trinajstić information content (AvgIpc) is 3.17. The van der Waals surface area contributed by atoms with Gasteiger partial charge in [0, 0.05) is 41.2 Å². The highest BCUT2D eigenvalue weighted by molar-refractivity contribution is 7.98. The topological polar surface area (TPSA) is 45.5 Å². The van der Waals surface area contributed by atoms with Gasteiger partial charge in [0.15, 0.2) is 0 Å². The number of pyridine rings is 1. The van der Waals surface area contributed by atoms with Gasteiger partial charge in [-0.05, 0) is 38.1 Å². The molecule has 150 valence electrons. The van der Waals surface area contributed by atoms with Gasteiger partial charge in [-0.3, -0.25) is 4.79 Å². The van der Waals surface area contributed by atoms with E-state index in [1.807, 2.05) is 42.8 Å². The van der Waals surface area contributed by atoms with Crippen LogP contribution in [0.3, 0.4) is 0 Å². The molecular weight excluding hydrogens is 368 g/mol. The zero-order valence-corrected chi connectivity index (χ0v) is 17.7. The Morgan fingerprint density at radius 3 is 2.54 bits per heavy atom. The molecule has 1 unspecified atom stereocenters. The number of piperidine rings is 1. The Kier molecular flexibility index (Phi) is 5.43. The molecule has 1 saturated carbocycles. The molecule has 28 heavy (non-hydrogen) atoms. The summed E-state index contributed by atoms with van der Waals surface area (Å²) in [5, 5.41) is 11.8. The first-order chi connectivity index (χ1) is 13.5. The van der Waals surface area contributed by atoms with Gasteiger partial charge in [-0.15, -0.1) is 11.8 Å². The Labute approximate surface area is 171 Å². The van der Waals surface area contributed by atoms with Gasteiger partial charge in [0.05, 0.1) is 12.1 Å². The molecule has 0 radical (unpaired) electrons. The van der Waals surface area contributed by atoms with Crippen LogP contribution >= 0.6 is 11.8 Å². The molecule has 5 heteroatoms. The second kappa shape index (κ2) is 7.69. The number of benzene rings is 1. The van der Waals surface area contributed by atoms with Gasteiger partial charge in [0.1, 0.15) is 0 Å². The number of thioether (sulfide) groups is 1. The fraction of sp³-hybridized carbons (Fsp3) is 0.522. The van der Waals surface area contributed by atoms with Crippen molar-refractivity contribution >= 4 is 11.8 Å². The lowest BCUT2D eigenvalue weighted by molar-refractivity contribution is -0.139. The van der Waals surface area contributed by atoms with Crippen molar-refractivity contribution in [3.63, 3.8) is 0 Å². The van der Waals surface area contributed by atoms with Crippen molar-refractivity contribution in [1.82, 2.24) is 9.47 Å². The summed E-state index contributed by atoms with van der Waals surface area (Å²) in [6, 6.07) is 11.8. The van der Waals surface area contributed by atoms with Crippen LogP contribution in [0.25, 0.3) is 11.1 Å². The summed E-state index contributed by atoms with van der Waals surface area (Å²) >= 11 is 1.65. The molecule has 1 saturated heterocycles. The number of aliphatic hydroxyl groups is 1. The maximum absolute atomic E-state index is 13.0. The van der Waals surface area contributed by atoms with Crippen LogP contribution in [0.5, 0.6) is 0 Å². The smallest absolute Gasteiger partial charge is 0.251 e. The minimum absolute atomic E-state index is 0.0304. The predicted molar refractivity (Wildman–Crippen MR) is 116 cm³/mol. The minimum atomic E-state index is -0.816. The predicted octanol–water partition coefficient (Wildman–Crippen LogP) is 3.86. The molecule has 0 bridgehead atoms. The van der Waals surface area contributed by atoms with Crippen LogP contribution in [0.4, 0.5) is 0 Å². The summed E-state index contributed by atoms with van der Waals surface area (Å²) in [5.74, 6) is 0. The van der Waals surface area contributed by atoms with Crippen LogP contribution in [0, 0.1) is 5.41 Å². The van der Waals surface area contributed by atoms with E-state index in [1.54, 1.807) is 22.4 Å². The third-order valence-electron chi connectivity index (χ3n) is 6.85. The molecule has 1 aliphatic carbocycles. The first kappa shape index (κ1) is 19.7. The molecule has 1 atom stereocenters. The molecule has 0 amide bonds. The molecule has 4 nitrogen and oxygen atoms in total. The molecule has 1 aromatic heterocycles. The van der Waals surface area contributed by atoms with E-state index in [0.29, 0.717) is 6.54 Å². The maximum atomic E-state index is 13.0. The van der Waals surface area contributed by atoms with Crippen molar-refractivity contribution in [1.29, 1.82) is 0 Å². The lowest BCUT2D eigenvalue weighted by Gasteiger charge is -2.51. The molecule has 1 aromatic carbocycles. The van der Waals surface area contributed by atoms with Crippen molar-refractivity contribution in [3.8, 4) is 11.1 Å². The summed E-state index contributed by atoms with van der Waals surface area (Å²) < 4.78 is 1.75. The third-order valence-corrected chi connectivity index (χ3v) is 7.62. The highest BCUT2D eigenvalue weighted by atomic mass is 32.2. The van der Waals surface area contributed by atoms with Crippen LogP contribution < -0.4 is 5.56 Å². The number of likely N-dealkylation sites (tertiary alicyclic amines) is 1. The molecule has 1 spiro atoms. The lowest BCUT2D eigenvalue weighted by atomic mass is 9.66. The number of rotatable bonds is 4. The van der Waals surface area contributed by atoms with E-state index < -0.39 is 5.60 Å². The lowest BCUT2D eigenvalue weighted by Crippen LogP contribution is -2.60. The van der Waals surface area contributed by atoms with Gasteiger partial charge in [0.2, 0.25) is 0 Å². The Balaban J connectivity index is 1.71. The fourth-order valence-corrected chi connectivity index (χ4v) is 5.90. The standard InChI is InChI=1S/C23H30N2O2S/c1-24-13-12-23(27,22(16-24)10-6-7-11-22)17-25-15-20(28-2)19(14-21(25)26)18-8-4-3-5-9-18/h3-5,8-9,14-15,27H,6-7,10-13,16-17H2,1-2H3. The van der Waals surface area contributed by atoms with Crippen molar-refractivity contribution in [2.75, 3.05) is 26.4 Å². The number of aromatic nitrogens is 1. The van der Waals surface area contributed by atoms with Crippen molar-refractivity contribution in [3.05, 3.63) is 52.9 Å². The molecule has 2 fully saturated rings. The summed E-state index contributed by atoms with van der Waals surface area (Å²) in [6.07, 6.45) is 9.18. The van der Waals surface area contributed by atoms with Crippen LogP contribution in [0.15, 0.2) is 52.3 Å². The molecule has 1 N–H and O–H groups in total. The minimum Gasteiger partial charge on any atom is -0.387 e. The molecule has 2 heterocycles. The first-order valence-corrected chi connectivity index (χ1v) is 11.4. The van der Waals surface area contributed by atoms with Crippen molar-refractivity contribution < 1.29 is 5.11 Å². The quantitative estimate of drug-likeness (QED) is 0.795. The van der Waals surface area contributed by atoms with Gasteiger partial charge in [-0.25, -0.2) is 0 Å². The first-order valence-electron chi connectivity index (χ1n) is 10.2. The second-order valence-electron chi connectivity index (χ2n) is 8.59. The molecule has 2 aliphatic rings. The van der Waals surface area contributed by atoms with Crippen molar-refractivity contribution in [2.45, 2.75) is 49.1 Å². The van der Waals surface area contributed by atoms with Gasteiger partial charge < -0.3 is 14.6 Å². The van der Waals surface area contributed by atoms with Gasteiger partial charge in [-0.1, -0.05) is 43.2 Å².